The molecule has 2 rings (SSSR count). The second kappa shape index (κ2) is 5.41. The minimum Gasteiger partial charge on any atom is -0.256 e. The van der Waals surface area contributed by atoms with Gasteiger partial charge in [0, 0.05) is 6.54 Å². The number of benzene rings is 1. The molecule has 1 aliphatic rings. The van der Waals surface area contributed by atoms with E-state index in [1.165, 1.54) is 10.6 Å². The van der Waals surface area contributed by atoms with Crippen molar-refractivity contribution in [1.29, 1.82) is 0 Å². The Labute approximate surface area is 126 Å². The van der Waals surface area contributed by atoms with Crippen LogP contribution in [-0.4, -0.2) is 31.4 Å². The van der Waals surface area contributed by atoms with Gasteiger partial charge < -0.3 is 0 Å². The first-order valence-electron chi connectivity index (χ1n) is 6.53. The van der Waals surface area contributed by atoms with E-state index in [9.17, 15) is 8.42 Å². The van der Waals surface area contributed by atoms with Crippen LogP contribution in [0.2, 0.25) is 0 Å². The van der Waals surface area contributed by atoms with Gasteiger partial charge in [0.25, 0.3) is 10.0 Å². The van der Waals surface area contributed by atoms with Crippen LogP contribution in [0.3, 0.4) is 0 Å². The normalized spacial score (nSPS) is 18.7. The molecule has 1 aromatic rings. The zero-order valence-corrected chi connectivity index (χ0v) is 13.7. The molecule has 1 heterocycles. The Balaban J connectivity index is 2.33. The van der Waals surface area contributed by atoms with Crippen molar-refractivity contribution in [3.05, 3.63) is 24.3 Å². The zero-order chi connectivity index (χ0) is 15.0. The van der Waals surface area contributed by atoms with Crippen LogP contribution in [-0.2, 0) is 10.0 Å². The number of thiol groups is 1. The summed E-state index contributed by atoms with van der Waals surface area (Å²) in [6.07, 6.45) is 1.42. The van der Waals surface area contributed by atoms with E-state index in [0.717, 1.165) is 0 Å². The quantitative estimate of drug-likeness (QED) is 0.872. The van der Waals surface area contributed by atoms with E-state index in [2.05, 4.69) is 38.4 Å². The van der Waals surface area contributed by atoms with Crippen LogP contribution in [0.15, 0.2) is 34.2 Å². The van der Waals surface area contributed by atoms with Crippen molar-refractivity contribution in [2.75, 3.05) is 12.3 Å². The predicted octanol–water partition coefficient (Wildman–Crippen LogP) is 2.94. The molecule has 0 bridgehead atoms. The topological polar surface area (TPSA) is 49.7 Å². The molecule has 0 aliphatic carbocycles. The van der Waals surface area contributed by atoms with E-state index in [0.29, 0.717) is 18.0 Å². The van der Waals surface area contributed by atoms with Crippen LogP contribution in [0.5, 0.6) is 0 Å². The Hall–Kier alpha value is -1.01. The van der Waals surface area contributed by atoms with Crippen molar-refractivity contribution >= 4 is 34.7 Å². The molecule has 0 amide bonds. The standard InChI is InChI=1S/C14H20N2O2S2/c1-14(2,3)11(9-19)8-16-10-15-12-6-4-5-7-13(12)20(16,17)18/h4-7,10-11,19H,8-9H2,1-3H3. The van der Waals surface area contributed by atoms with E-state index >= 15 is 0 Å². The summed E-state index contributed by atoms with van der Waals surface area (Å²) in [5, 5.41) is 0. The molecule has 1 atom stereocenters. The second-order valence-electron chi connectivity index (χ2n) is 6.03. The summed E-state index contributed by atoms with van der Waals surface area (Å²) in [6, 6.07) is 6.81. The number of hydrogen-bond acceptors (Lipinski definition) is 4. The van der Waals surface area contributed by atoms with E-state index in [-0.39, 0.29) is 16.2 Å². The molecule has 0 radical (unpaired) electrons. The van der Waals surface area contributed by atoms with Crippen molar-refractivity contribution < 1.29 is 8.42 Å². The van der Waals surface area contributed by atoms with Crippen LogP contribution in [0.1, 0.15) is 20.8 Å². The SMILES string of the molecule is CC(C)(C)C(CS)CN1C=Nc2ccccc2S1(=O)=O. The molecule has 0 saturated carbocycles. The van der Waals surface area contributed by atoms with E-state index in [4.69, 9.17) is 0 Å². The molecule has 1 aliphatic heterocycles. The lowest BCUT2D eigenvalue weighted by Gasteiger charge is -2.34. The van der Waals surface area contributed by atoms with Gasteiger partial charge in [-0.15, -0.1) is 0 Å². The van der Waals surface area contributed by atoms with E-state index in [1.807, 2.05) is 0 Å². The van der Waals surface area contributed by atoms with Gasteiger partial charge in [-0.1, -0.05) is 32.9 Å². The number of fused-ring (bicyclic) bond motifs is 1. The third-order valence-electron chi connectivity index (χ3n) is 3.62. The molecular formula is C14H20N2O2S2. The molecule has 4 nitrogen and oxygen atoms in total. The maximum Gasteiger partial charge on any atom is 0.267 e. The summed E-state index contributed by atoms with van der Waals surface area (Å²) in [4.78, 5) is 4.51. The third-order valence-corrected chi connectivity index (χ3v) is 5.83. The van der Waals surface area contributed by atoms with Crippen LogP contribution >= 0.6 is 12.6 Å². The molecule has 0 fully saturated rings. The summed E-state index contributed by atoms with van der Waals surface area (Å²) in [5.41, 5.74) is 0.490. The highest BCUT2D eigenvalue weighted by atomic mass is 32.2. The summed E-state index contributed by atoms with van der Waals surface area (Å²) >= 11 is 4.35. The first-order chi connectivity index (χ1) is 9.26. The fourth-order valence-corrected chi connectivity index (χ4v) is 4.16. The molecule has 0 saturated heterocycles. The number of aliphatic imine (C=N–C) groups is 1. The zero-order valence-electron chi connectivity index (χ0n) is 11.9. The molecule has 6 heteroatoms. The minimum absolute atomic E-state index is 0.0118. The van der Waals surface area contributed by atoms with Gasteiger partial charge in [-0.3, -0.25) is 4.31 Å². The second-order valence-corrected chi connectivity index (χ2v) is 8.26. The molecule has 0 spiro atoms. The summed E-state index contributed by atoms with van der Waals surface area (Å²) in [7, 11) is -3.50. The summed E-state index contributed by atoms with van der Waals surface area (Å²) in [5.74, 6) is 0.780. The Bertz CT molecular complexity index is 618. The predicted molar refractivity (Wildman–Crippen MR) is 85.3 cm³/mol. The van der Waals surface area contributed by atoms with Crippen LogP contribution in [0, 0.1) is 11.3 Å². The van der Waals surface area contributed by atoms with E-state index < -0.39 is 10.0 Å². The highest BCUT2D eigenvalue weighted by molar-refractivity contribution is 7.89. The van der Waals surface area contributed by atoms with Gasteiger partial charge in [-0.05, 0) is 29.2 Å². The number of nitrogens with zero attached hydrogens (tertiary/aromatic N) is 2. The van der Waals surface area contributed by atoms with Crippen molar-refractivity contribution in [2.24, 2.45) is 16.3 Å². The van der Waals surface area contributed by atoms with Gasteiger partial charge in [0.05, 0.1) is 5.69 Å². The highest BCUT2D eigenvalue weighted by Gasteiger charge is 2.33. The van der Waals surface area contributed by atoms with E-state index in [1.54, 1.807) is 24.3 Å². The first-order valence-corrected chi connectivity index (χ1v) is 8.60. The van der Waals surface area contributed by atoms with Gasteiger partial charge >= 0.3 is 0 Å². The minimum atomic E-state index is -3.50. The smallest absolute Gasteiger partial charge is 0.256 e. The lowest BCUT2D eigenvalue weighted by molar-refractivity contribution is 0.245. The Morgan fingerprint density at radius 3 is 2.55 bits per heavy atom. The Kier molecular flexibility index (Phi) is 4.16. The molecule has 0 N–H and O–H groups in total. The number of hydrogen-bond donors (Lipinski definition) is 1. The first kappa shape index (κ1) is 15.4. The van der Waals surface area contributed by atoms with Gasteiger partial charge in [0.15, 0.2) is 0 Å². The summed E-state index contributed by atoms with van der Waals surface area (Å²) < 4.78 is 26.5. The average molecular weight is 312 g/mol. The fraction of sp³-hybridized carbons (Fsp3) is 0.500. The lowest BCUT2D eigenvalue weighted by Crippen LogP contribution is -2.40. The highest BCUT2D eigenvalue weighted by Crippen LogP contribution is 2.33. The maximum atomic E-state index is 12.6. The number of rotatable bonds is 3. The largest absolute Gasteiger partial charge is 0.267 e. The Morgan fingerprint density at radius 2 is 1.95 bits per heavy atom. The molecular weight excluding hydrogens is 292 g/mol. The number of para-hydroxylation sites is 1. The lowest BCUT2D eigenvalue weighted by atomic mass is 9.82. The van der Waals surface area contributed by atoms with Crippen molar-refractivity contribution in [1.82, 2.24) is 4.31 Å². The average Bonchev–Trinajstić information content (AvgIpc) is 2.36. The maximum absolute atomic E-state index is 12.6. The molecule has 20 heavy (non-hydrogen) atoms. The van der Waals surface area contributed by atoms with Crippen LogP contribution in [0.25, 0.3) is 0 Å². The fourth-order valence-electron chi connectivity index (χ4n) is 2.06. The van der Waals surface area contributed by atoms with Gasteiger partial charge in [-0.25, -0.2) is 13.4 Å². The van der Waals surface area contributed by atoms with Crippen LogP contribution in [0.4, 0.5) is 5.69 Å². The van der Waals surface area contributed by atoms with Gasteiger partial charge in [-0.2, -0.15) is 12.6 Å². The third kappa shape index (κ3) is 2.86. The Morgan fingerprint density at radius 1 is 1.30 bits per heavy atom. The van der Waals surface area contributed by atoms with Crippen LogP contribution < -0.4 is 0 Å². The molecule has 1 aromatic carbocycles. The molecule has 110 valence electrons. The van der Waals surface area contributed by atoms with Crippen molar-refractivity contribution in [3.8, 4) is 0 Å². The molecule has 1 unspecified atom stereocenters. The van der Waals surface area contributed by atoms with Gasteiger partial charge in [0.2, 0.25) is 0 Å². The van der Waals surface area contributed by atoms with Crippen molar-refractivity contribution in [2.45, 2.75) is 25.7 Å². The van der Waals surface area contributed by atoms with Gasteiger partial charge in [0.1, 0.15) is 11.2 Å². The monoisotopic (exact) mass is 312 g/mol. The molecule has 0 aromatic heterocycles. The number of sulfonamides is 1. The summed E-state index contributed by atoms with van der Waals surface area (Å²) in [6.45, 7) is 6.67. The van der Waals surface area contributed by atoms with Crippen molar-refractivity contribution in [3.63, 3.8) is 0 Å².